The fraction of sp³-hybridized carbons (Fsp3) is 0.611. The predicted molar refractivity (Wildman–Crippen MR) is 195 cm³/mol. The van der Waals surface area contributed by atoms with Gasteiger partial charge < -0.3 is 4.98 Å². The Balaban J connectivity index is -0.0000000875. The predicted octanol–water partition coefficient (Wildman–Crippen LogP) is 13.6. The van der Waals surface area contributed by atoms with Gasteiger partial charge >= 0.3 is 0 Å². The Morgan fingerprint density at radius 3 is 1.27 bits per heavy atom. The molecule has 0 saturated heterocycles. The van der Waals surface area contributed by atoms with Crippen LogP contribution in [0.2, 0.25) is 0 Å². The Bertz CT molecular complexity index is 752. The van der Waals surface area contributed by atoms with Crippen LogP contribution < -0.4 is 0 Å². The highest BCUT2D eigenvalue weighted by atomic mass is 32.1. The van der Waals surface area contributed by atoms with E-state index in [1.165, 1.54) is 10.9 Å². The third kappa shape index (κ3) is 78.7. The summed E-state index contributed by atoms with van der Waals surface area (Å²) in [6.07, 6.45) is 7.18. The number of benzene rings is 1. The van der Waals surface area contributed by atoms with Crippen molar-refractivity contribution in [3.05, 3.63) is 72.1 Å². The van der Waals surface area contributed by atoms with Crippen LogP contribution in [0.3, 0.4) is 0 Å². The molecule has 41 heavy (non-hydrogen) atoms. The molecule has 2 N–H and O–H groups in total. The minimum Gasteiger partial charge on any atom is -0.361 e. The second kappa shape index (κ2) is 33.8. The molecule has 0 radical (unpaired) electrons. The highest BCUT2D eigenvalue weighted by Gasteiger charge is 1.96. The summed E-state index contributed by atoms with van der Waals surface area (Å²) in [4.78, 5) is 6.86. The number of fused-ring (bicyclic) bond motifs is 1. The Labute approximate surface area is 262 Å². The molecule has 0 fully saturated rings. The summed E-state index contributed by atoms with van der Waals surface area (Å²) in [5.74, 6) is 0. The summed E-state index contributed by atoms with van der Waals surface area (Å²) in [5.41, 5.74) is 4.50. The first-order chi connectivity index (χ1) is 18.5. The molecular formula is C36H72N4S. The maximum atomic E-state index is 3.74. The van der Waals surface area contributed by atoms with Crippen molar-refractivity contribution in [1.29, 1.82) is 0 Å². The van der Waals surface area contributed by atoms with E-state index >= 15 is 0 Å². The van der Waals surface area contributed by atoms with Crippen LogP contribution >= 0.6 is 11.3 Å². The quantitative estimate of drug-likeness (QED) is 0.213. The van der Waals surface area contributed by atoms with Gasteiger partial charge in [0.25, 0.3) is 0 Å². The number of hydrogen-bond acceptors (Lipinski definition) is 3. The largest absolute Gasteiger partial charge is 0.361 e. The van der Waals surface area contributed by atoms with Crippen LogP contribution in [-0.4, -0.2) is 20.2 Å². The average Bonchev–Trinajstić information content (AvgIpc) is 3.65. The lowest BCUT2D eigenvalue weighted by Gasteiger charge is -2.05. The van der Waals surface area contributed by atoms with Crippen molar-refractivity contribution in [3.8, 4) is 0 Å². The van der Waals surface area contributed by atoms with Crippen molar-refractivity contribution in [2.24, 2.45) is 16.2 Å². The van der Waals surface area contributed by atoms with Gasteiger partial charge in [-0.25, -0.2) is 0 Å². The molecular weight excluding hydrogens is 520 g/mol. The maximum Gasteiger partial charge on any atom is 0.0791 e. The van der Waals surface area contributed by atoms with Gasteiger partial charge in [-0.2, -0.15) is 5.10 Å². The normalized spacial score (nSPS) is 9.02. The molecule has 4 aromatic rings. The number of rotatable bonds is 0. The van der Waals surface area contributed by atoms with Crippen molar-refractivity contribution in [1.82, 2.24) is 20.2 Å². The summed E-state index contributed by atoms with van der Waals surface area (Å²) in [5, 5.41) is 9.41. The SMILES string of the molecule is C.CC.CC.CC.CC(C)(C)C.CC(C)(C)C.CC(C)(C)C.c1ccc2[nH]ccc2c1.c1cn[nH]c1.c1cscn1. The zero-order chi connectivity index (χ0) is 32.7. The second-order valence-electron chi connectivity index (χ2n) is 12.5. The van der Waals surface area contributed by atoms with Crippen LogP contribution in [-0.2, 0) is 0 Å². The van der Waals surface area contributed by atoms with Gasteiger partial charge in [-0.3, -0.25) is 10.1 Å². The lowest BCUT2D eigenvalue weighted by Crippen LogP contribution is -1.93. The first kappa shape index (κ1) is 51.3. The molecule has 4 rings (SSSR count). The van der Waals surface area contributed by atoms with E-state index in [0.29, 0.717) is 16.2 Å². The van der Waals surface area contributed by atoms with Gasteiger partial charge in [-0.05, 0) is 39.8 Å². The van der Waals surface area contributed by atoms with Gasteiger partial charge in [0.2, 0.25) is 0 Å². The molecule has 0 amide bonds. The van der Waals surface area contributed by atoms with E-state index in [9.17, 15) is 0 Å². The molecule has 0 aliphatic carbocycles. The number of para-hydroxylation sites is 1. The van der Waals surface area contributed by atoms with E-state index in [-0.39, 0.29) is 7.43 Å². The van der Waals surface area contributed by atoms with Crippen molar-refractivity contribution in [3.63, 3.8) is 0 Å². The first-order valence-corrected chi connectivity index (χ1v) is 15.7. The van der Waals surface area contributed by atoms with Crippen molar-refractivity contribution >= 4 is 22.2 Å². The Morgan fingerprint density at radius 2 is 1.02 bits per heavy atom. The molecule has 0 unspecified atom stereocenters. The molecule has 1 aromatic carbocycles. The third-order valence-electron chi connectivity index (χ3n) is 2.22. The van der Waals surface area contributed by atoms with Gasteiger partial charge in [0.15, 0.2) is 0 Å². The van der Waals surface area contributed by atoms with E-state index in [1.54, 1.807) is 35.4 Å². The molecule has 0 aliphatic heterocycles. The van der Waals surface area contributed by atoms with Crippen molar-refractivity contribution in [2.75, 3.05) is 0 Å². The van der Waals surface area contributed by atoms with Gasteiger partial charge in [0.1, 0.15) is 0 Å². The number of H-pyrrole nitrogens is 2. The highest BCUT2D eigenvalue weighted by molar-refractivity contribution is 7.07. The summed E-state index contributed by atoms with van der Waals surface area (Å²) >= 11 is 1.60. The van der Waals surface area contributed by atoms with Crippen LogP contribution in [0.15, 0.2) is 72.1 Å². The van der Waals surface area contributed by atoms with E-state index in [1.807, 2.05) is 71.3 Å². The molecule has 3 heterocycles. The minimum atomic E-state index is 0. The zero-order valence-corrected chi connectivity index (χ0v) is 30.5. The van der Waals surface area contributed by atoms with Crippen molar-refractivity contribution < 1.29 is 0 Å². The van der Waals surface area contributed by atoms with E-state index < -0.39 is 0 Å². The van der Waals surface area contributed by atoms with E-state index in [4.69, 9.17) is 0 Å². The van der Waals surface area contributed by atoms with Gasteiger partial charge in [-0.15, -0.1) is 11.3 Å². The zero-order valence-electron chi connectivity index (χ0n) is 29.7. The molecule has 0 atom stereocenters. The topological polar surface area (TPSA) is 57.4 Å². The second-order valence-corrected chi connectivity index (χ2v) is 13.3. The Morgan fingerprint density at radius 1 is 0.585 bits per heavy atom. The number of aromatic nitrogens is 4. The lowest BCUT2D eigenvalue weighted by molar-refractivity contribution is 0.469. The van der Waals surface area contributed by atoms with Crippen LogP contribution in [0, 0.1) is 16.2 Å². The van der Waals surface area contributed by atoms with Crippen molar-refractivity contribution in [2.45, 2.75) is 132 Å². The van der Waals surface area contributed by atoms with Crippen LogP contribution in [0.25, 0.3) is 10.9 Å². The summed E-state index contributed by atoms with van der Waals surface area (Å²) in [6.45, 7) is 38.2. The molecule has 242 valence electrons. The monoisotopic (exact) mass is 593 g/mol. The molecule has 0 aliphatic rings. The van der Waals surface area contributed by atoms with Crippen LogP contribution in [0.4, 0.5) is 0 Å². The number of nitrogens with zero attached hydrogens (tertiary/aromatic N) is 2. The summed E-state index contributed by atoms with van der Waals surface area (Å²) in [6, 6.07) is 12.1. The fourth-order valence-corrected chi connectivity index (χ4v) is 1.74. The Kier molecular flexibility index (Phi) is 42.3. The van der Waals surface area contributed by atoms with Gasteiger partial charge in [0, 0.05) is 35.7 Å². The average molecular weight is 593 g/mol. The Hall–Kier alpha value is -2.40. The minimum absolute atomic E-state index is 0. The lowest BCUT2D eigenvalue weighted by atomic mass is 10.0. The number of nitrogens with one attached hydrogen (secondary N) is 2. The fourth-order valence-electron chi connectivity index (χ4n) is 1.39. The standard InChI is InChI=1S/C8H7N.3C5H12.C3H4N2.C3H3NS.3C2H6.CH4/c1-2-4-8-7(3-1)5-6-9-8;3*1-5(2,3)4;1-2-4-5-3-1;1-2-5-3-4-1;3*1-2;/h1-6,9H;3*1-4H3;1-3H,(H,4,5);1-3H;3*1-2H3;1H4. The molecule has 5 heteroatoms. The number of hydrogen-bond donors (Lipinski definition) is 2. The number of aromatic amines is 2. The van der Waals surface area contributed by atoms with Crippen LogP contribution in [0.5, 0.6) is 0 Å². The molecule has 0 saturated carbocycles. The first-order valence-electron chi connectivity index (χ1n) is 14.7. The van der Waals surface area contributed by atoms with Gasteiger partial charge in [0.05, 0.1) is 5.51 Å². The summed E-state index contributed by atoms with van der Waals surface area (Å²) < 4.78 is 0. The smallest absolute Gasteiger partial charge is 0.0791 e. The van der Waals surface area contributed by atoms with E-state index in [2.05, 4.69) is 121 Å². The van der Waals surface area contributed by atoms with E-state index in [0.717, 1.165) is 0 Å². The highest BCUT2D eigenvalue weighted by Crippen LogP contribution is 2.10. The van der Waals surface area contributed by atoms with Crippen LogP contribution in [0.1, 0.15) is 132 Å². The summed E-state index contributed by atoms with van der Waals surface area (Å²) in [7, 11) is 0. The molecule has 3 aromatic heterocycles. The maximum absolute atomic E-state index is 3.74. The molecule has 0 bridgehead atoms. The van der Waals surface area contributed by atoms with Gasteiger partial charge in [-0.1, -0.05) is 150 Å². The third-order valence-corrected chi connectivity index (χ3v) is 2.74. The molecule has 0 spiro atoms. The molecule has 4 nitrogen and oxygen atoms in total. The number of thiazole rings is 1.